The molecule has 0 aliphatic carbocycles. The molecule has 2 aromatic carbocycles. The van der Waals surface area contributed by atoms with E-state index in [2.05, 4.69) is 97.7 Å². The van der Waals surface area contributed by atoms with Crippen LogP contribution in [-0.4, -0.2) is 68.0 Å². The van der Waals surface area contributed by atoms with Crippen LogP contribution in [0.1, 0.15) is 75.5 Å². The molecule has 8 heteroatoms. The Morgan fingerprint density at radius 3 is 2.61 bits per heavy atom. The Hall–Kier alpha value is -4.04. The molecule has 246 valence electrons. The van der Waals surface area contributed by atoms with Crippen LogP contribution in [-0.2, 0) is 17.8 Å². The SMILES string of the molecule is C=CCC(/N=C(\C=C/C)c1c(N2CCCC2=O)n2c3c(cccc13)CCC2)Nc1cc(N)c(N(C)CCN(C)C)cc1C(C)CC. The third-order valence-electron chi connectivity index (χ3n) is 9.52. The number of hydrogen-bond donors (Lipinski definition) is 2. The van der Waals surface area contributed by atoms with Gasteiger partial charge in [-0.05, 0) is 82.0 Å². The lowest BCUT2D eigenvalue weighted by molar-refractivity contribution is -0.117. The van der Waals surface area contributed by atoms with Crippen molar-refractivity contribution in [3.05, 3.63) is 71.8 Å². The van der Waals surface area contributed by atoms with E-state index in [-0.39, 0.29) is 12.1 Å². The number of allylic oxidation sites excluding steroid dienone is 2. The minimum Gasteiger partial charge on any atom is -0.397 e. The Labute approximate surface area is 275 Å². The van der Waals surface area contributed by atoms with Gasteiger partial charge in [-0.15, -0.1) is 6.58 Å². The zero-order chi connectivity index (χ0) is 33.0. The highest BCUT2D eigenvalue weighted by molar-refractivity contribution is 6.22. The standard InChI is InChI=1S/C38H53N7O/c1-8-14-31(36-28-18-11-16-27-17-12-21-45(37(27)28)38(36)44-20-13-19-35(44)46)40-34(15-9-2)41-32-25-30(39)33(24-29(32)26(4)10-3)43(7)23-22-42(5)6/h8-9,11,14,16,18,24-26,34,41H,2,10,12-13,15,17,19-23,39H2,1,3-7H3/b14-8-,40-31+. The van der Waals surface area contributed by atoms with Crippen LogP contribution in [0.4, 0.5) is 22.9 Å². The van der Waals surface area contributed by atoms with Crippen LogP contribution in [0.25, 0.3) is 10.9 Å². The van der Waals surface area contributed by atoms with Crippen LogP contribution in [0.2, 0.25) is 0 Å². The molecule has 1 aromatic heterocycles. The molecule has 0 spiro atoms. The summed E-state index contributed by atoms with van der Waals surface area (Å²) < 4.78 is 2.38. The lowest BCUT2D eigenvalue weighted by Crippen LogP contribution is -2.29. The van der Waals surface area contributed by atoms with Crippen LogP contribution >= 0.6 is 0 Å². The molecule has 2 atom stereocenters. The van der Waals surface area contributed by atoms with Gasteiger partial charge in [0.05, 0.1) is 28.2 Å². The summed E-state index contributed by atoms with van der Waals surface area (Å²) in [5, 5.41) is 4.95. The summed E-state index contributed by atoms with van der Waals surface area (Å²) in [6, 6.07) is 10.9. The number of anilines is 4. The van der Waals surface area contributed by atoms with Crippen molar-refractivity contribution < 1.29 is 4.79 Å². The number of likely N-dealkylation sites (N-methyl/N-ethyl adjacent to an activating group) is 2. The van der Waals surface area contributed by atoms with Crippen molar-refractivity contribution in [2.45, 2.75) is 77.9 Å². The molecule has 8 nitrogen and oxygen atoms in total. The molecule has 1 fully saturated rings. The highest BCUT2D eigenvalue weighted by Gasteiger charge is 2.32. The van der Waals surface area contributed by atoms with Crippen molar-refractivity contribution in [2.75, 3.05) is 61.6 Å². The number of aryl methyl sites for hydroxylation is 2. The van der Waals surface area contributed by atoms with Crippen molar-refractivity contribution in [1.29, 1.82) is 0 Å². The first kappa shape index (κ1) is 33.3. The number of amides is 1. The van der Waals surface area contributed by atoms with Gasteiger partial charge < -0.3 is 25.4 Å². The number of nitrogen functional groups attached to an aromatic ring is 1. The summed E-state index contributed by atoms with van der Waals surface area (Å²) >= 11 is 0. The number of hydrogen-bond acceptors (Lipinski definition) is 6. The molecule has 5 rings (SSSR count). The normalized spacial score (nSPS) is 16.5. The van der Waals surface area contributed by atoms with Crippen LogP contribution < -0.4 is 20.9 Å². The Balaban J connectivity index is 1.62. The number of nitrogens with one attached hydrogen (secondary N) is 1. The lowest BCUT2D eigenvalue weighted by Gasteiger charge is -2.27. The van der Waals surface area contributed by atoms with Gasteiger partial charge in [-0.25, -0.2) is 0 Å². The smallest absolute Gasteiger partial charge is 0.228 e. The molecule has 1 amide bonds. The van der Waals surface area contributed by atoms with E-state index in [1.807, 2.05) is 24.0 Å². The number of nitrogens with two attached hydrogens (primary N) is 1. The summed E-state index contributed by atoms with van der Waals surface area (Å²) in [6.45, 7) is 14.1. The van der Waals surface area contributed by atoms with Gasteiger partial charge >= 0.3 is 0 Å². The molecule has 1 saturated heterocycles. The first-order valence-electron chi connectivity index (χ1n) is 17.0. The molecule has 0 radical (unpaired) electrons. The molecule has 0 bridgehead atoms. The summed E-state index contributed by atoms with van der Waals surface area (Å²) in [7, 11) is 6.29. The lowest BCUT2D eigenvalue weighted by atomic mass is 9.95. The molecule has 0 saturated carbocycles. The van der Waals surface area contributed by atoms with Crippen molar-refractivity contribution in [1.82, 2.24) is 9.47 Å². The van der Waals surface area contributed by atoms with E-state index in [9.17, 15) is 4.79 Å². The van der Waals surface area contributed by atoms with Crippen LogP contribution in [0.5, 0.6) is 0 Å². The van der Waals surface area contributed by atoms with Crippen molar-refractivity contribution in [3.63, 3.8) is 0 Å². The number of para-hydroxylation sites is 1. The Morgan fingerprint density at radius 2 is 1.93 bits per heavy atom. The second-order valence-electron chi connectivity index (χ2n) is 13.1. The number of benzene rings is 2. The third-order valence-corrected chi connectivity index (χ3v) is 9.52. The highest BCUT2D eigenvalue weighted by atomic mass is 16.2. The van der Waals surface area contributed by atoms with Gasteiger partial charge in [-0.1, -0.05) is 44.2 Å². The van der Waals surface area contributed by atoms with Crippen molar-refractivity contribution >= 4 is 45.4 Å². The molecule has 46 heavy (non-hydrogen) atoms. The summed E-state index contributed by atoms with van der Waals surface area (Å²) in [5.74, 6) is 1.52. The maximum atomic E-state index is 13.2. The van der Waals surface area contributed by atoms with Gasteiger partial charge in [0.25, 0.3) is 0 Å². The Bertz CT molecular complexity index is 1630. The quantitative estimate of drug-likeness (QED) is 0.113. The minimum absolute atomic E-state index is 0.192. The average molecular weight is 624 g/mol. The van der Waals surface area contributed by atoms with Crippen LogP contribution in [0, 0.1) is 0 Å². The largest absolute Gasteiger partial charge is 0.397 e. The summed E-state index contributed by atoms with van der Waals surface area (Å²) in [4.78, 5) is 25.1. The number of carbonyl (C=O) groups is 1. The fourth-order valence-corrected chi connectivity index (χ4v) is 6.90. The monoisotopic (exact) mass is 623 g/mol. The van der Waals surface area contributed by atoms with Crippen LogP contribution in [0.15, 0.2) is 60.1 Å². The van der Waals surface area contributed by atoms with Gasteiger partial charge in [0.15, 0.2) is 0 Å². The zero-order valence-corrected chi connectivity index (χ0v) is 28.8. The Kier molecular flexibility index (Phi) is 10.6. The van der Waals surface area contributed by atoms with E-state index >= 15 is 0 Å². The number of nitrogens with zero attached hydrogens (tertiary/aromatic N) is 5. The van der Waals surface area contributed by atoms with Gasteiger partial charge in [0.1, 0.15) is 12.0 Å². The van der Waals surface area contributed by atoms with E-state index in [4.69, 9.17) is 10.7 Å². The second kappa shape index (κ2) is 14.6. The predicted molar refractivity (Wildman–Crippen MR) is 197 cm³/mol. The second-order valence-corrected chi connectivity index (χ2v) is 13.1. The van der Waals surface area contributed by atoms with E-state index < -0.39 is 0 Å². The molecule has 2 aliphatic rings. The van der Waals surface area contributed by atoms with Gasteiger partial charge in [-0.2, -0.15) is 0 Å². The molecule has 3 aromatic rings. The average Bonchev–Trinajstić information content (AvgIpc) is 3.61. The highest BCUT2D eigenvalue weighted by Crippen LogP contribution is 2.41. The first-order valence-corrected chi connectivity index (χ1v) is 17.0. The van der Waals surface area contributed by atoms with Gasteiger partial charge in [0, 0.05) is 57.1 Å². The van der Waals surface area contributed by atoms with E-state index in [1.54, 1.807) is 0 Å². The number of aromatic nitrogens is 1. The zero-order valence-electron chi connectivity index (χ0n) is 28.8. The fourth-order valence-electron chi connectivity index (χ4n) is 6.90. The molecular weight excluding hydrogens is 570 g/mol. The maximum Gasteiger partial charge on any atom is 0.228 e. The minimum atomic E-state index is -0.280. The third kappa shape index (κ3) is 6.73. The summed E-state index contributed by atoms with van der Waals surface area (Å²) in [6.07, 6.45) is 11.0. The number of aliphatic imine (C=N–C) groups is 1. The Morgan fingerprint density at radius 1 is 1.15 bits per heavy atom. The molecular formula is C38H53N7O. The molecule has 3 N–H and O–H groups in total. The molecule has 2 unspecified atom stereocenters. The van der Waals surface area contributed by atoms with Gasteiger partial charge in [-0.3, -0.25) is 14.7 Å². The van der Waals surface area contributed by atoms with E-state index in [0.29, 0.717) is 18.8 Å². The molecule has 3 heterocycles. The fraction of sp³-hybridized carbons (Fsp3) is 0.474. The molecule has 2 aliphatic heterocycles. The first-order chi connectivity index (χ1) is 22.2. The maximum absolute atomic E-state index is 13.2. The van der Waals surface area contributed by atoms with E-state index in [1.165, 1.54) is 16.6 Å². The predicted octanol–water partition coefficient (Wildman–Crippen LogP) is 7.19. The number of rotatable bonds is 14. The number of carbonyl (C=O) groups excluding carboxylic acids is 1. The topological polar surface area (TPSA) is 82.1 Å². The van der Waals surface area contributed by atoms with Gasteiger partial charge in [0.2, 0.25) is 5.91 Å². The van der Waals surface area contributed by atoms with Crippen LogP contribution in [0.3, 0.4) is 0 Å². The summed E-state index contributed by atoms with van der Waals surface area (Å²) in [5.41, 5.74) is 15.3. The van der Waals surface area contributed by atoms with Crippen molar-refractivity contribution in [2.24, 2.45) is 4.99 Å². The van der Waals surface area contributed by atoms with Crippen molar-refractivity contribution in [3.8, 4) is 0 Å². The van der Waals surface area contributed by atoms with E-state index in [0.717, 1.165) is 91.4 Å².